The molecule has 0 aliphatic carbocycles. The lowest BCUT2D eigenvalue weighted by Gasteiger charge is -2.22. The maximum atomic E-state index is 12.1. The second-order valence-corrected chi connectivity index (χ2v) is 7.46. The van der Waals surface area contributed by atoms with E-state index in [0.29, 0.717) is 5.02 Å². The van der Waals surface area contributed by atoms with Gasteiger partial charge >= 0.3 is 5.97 Å². The molecule has 2 atom stereocenters. The van der Waals surface area contributed by atoms with Crippen molar-refractivity contribution in [2.75, 3.05) is 0 Å². The average Bonchev–Trinajstić information content (AvgIpc) is 2.28. The lowest BCUT2D eigenvalue weighted by molar-refractivity contribution is -0.153. The van der Waals surface area contributed by atoms with E-state index in [-0.39, 0.29) is 5.75 Å². The van der Waals surface area contributed by atoms with Crippen LogP contribution >= 0.6 is 11.6 Å². The number of hydrogen-bond donors (Lipinski definition) is 0. The lowest BCUT2D eigenvalue weighted by Crippen LogP contribution is -2.33. The number of carbonyl (C=O) groups is 1. The normalized spacial score (nSPS) is 14.8. The van der Waals surface area contributed by atoms with E-state index < -0.39 is 27.6 Å². The largest absolute Gasteiger partial charge is 0.459 e. The zero-order chi connectivity index (χ0) is 14.6. The molecule has 0 saturated carbocycles. The summed E-state index contributed by atoms with van der Waals surface area (Å²) in [5.41, 5.74) is 0.206. The molecule has 19 heavy (non-hydrogen) atoms. The van der Waals surface area contributed by atoms with Crippen molar-refractivity contribution in [1.82, 2.24) is 0 Å². The number of ether oxygens (including phenoxy) is 1. The summed E-state index contributed by atoms with van der Waals surface area (Å²) in [6, 6.07) is 7.19. The molecule has 3 nitrogen and oxygen atoms in total. The van der Waals surface area contributed by atoms with Crippen LogP contribution in [0.5, 0.6) is 0 Å². The van der Waals surface area contributed by atoms with Gasteiger partial charge in [0.2, 0.25) is 0 Å². The summed E-state index contributed by atoms with van der Waals surface area (Å²) in [7, 11) is -1.35. The number of carbonyl (C=O) groups excluding carboxylic acids is 1. The average molecular weight is 303 g/mol. The molecule has 2 unspecified atom stereocenters. The Morgan fingerprint density at radius 2 is 1.95 bits per heavy atom. The zero-order valence-corrected chi connectivity index (χ0v) is 13.2. The van der Waals surface area contributed by atoms with Gasteiger partial charge in [0.15, 0.2) is 0 Å². The van der Waals surface area contributed by atoms with E-state index in [2.05, 4.69) is 0 Å². The first-order valence-electron chi connectivity index (χ1n) is 6.04. The summed E-state index contributed by atoms with van der Waals surface area (Å²) in [6.45, 7) is 6.97. The van der Waals surface area contributed by atoms with Crippen LogP contribution in [-0.2, 0) is 26.1 Å². The molecule has 0 heterocycles. The minimum absolute atomic E-state index is 0.250. The second-order valence-electron chi connectivity index (χ2n) is 5.29. The van der Waals surface area contributed by atoms with Gasteiger partial charge in [-0.15, -0.1) is 0 Å². The third-order valence-electron chi connectivity index (χ3n) is 2.39. The van der Waals surface area contributed by atoms with Crippen LogP contribution in [0.25, 0.3) is 0 Å². The topological polar surface area (TPSA) is 43.4 Å². The molecule has 0 radical (unpaired) electrons. The number of esters is 1. The van der Waals surface area contributed by atoms with Gasteiger partial charge in [-0.25, -0.2) is 0 Å². The predicted octanol–water partition coefficient (Wildman–Crippen LogP) is 3.32. The van der Waals surface area contributed by atoms with Gasteiger partial charge in [0.1, 0.15) is 10.9 Å². The van der Waals surface area contributed by atoms with Crippen molar-refractivity contribution in [2.45, 2.75) is 44.3 Å². The SMILES string of the molecule is CC(C(=O)OC(C)(C)C)S(=O)Cc1ccccc1Cl. The van der Waals surface area contributed by atoms with Crippen LogP contribution in [0.3, 0.4) is 0 Å². The highest BCUT2D eigenvalue weighted by Crippen LogP contribution is 2.19. The van der Waals surface area contributed by atoms with Crippen molar-refractivity contribution in [2.24, 2.45) is 0 Å². The van der Waals surface area contributed by atoms with Crippen molar-refractivity contribution in [3.63, 3.8) is 0 Å². The van der Waals surface area contributed by atoms with Crippen LogP contribution in [-0.4, -0.2) is 21.0 Å². The van der Waals surface area contributed by atoms with Gasteiger partial charge in [-0.3, -0.25) is 9.00 Å². The van der Waals surface area contributed by atoms with Gasteiger partial charge in [-0.2, -0.15) is 0 Å². The Balaban J connectivity index is 2.68. The van der Waals surface area contributed by atoms with Gasteiger partial charge in [0, 0.05) is 15.8 Å². The zero-order valence-electron chi connectivity index (χ0n) is 11.6. The molecule has 0 bridgehead atoms. The monoisotopic (exact) mass is 302 g/mol. The lowest BCUT2D eigenvalue weighted by atomic mass is 10.2. The molecule has 1 aromatic carbocycles. The van der Waals surface area contributed by atoms with Crippen molar-refractivity contribution >= 4 is 28.4 Å². The van der Waals surface area contributed by atoms with Crippen molar-refractivity contribution in [3.8, 4) is 0 Å². The molecule has 0 aliphatic rings. The Hall–Kier alpha value is -0.870. The van der Waals surface area contributed by atoms with Crippen LogP contribution in [0.15, 0.2) is 24.3 Å². The summed E-state index contributed by atoms with van der Waals surface area (Å²) >= 11 is 6.01. The maximum absolute atomic E-state index is 12.1. The Morgan fingerprint density at radius 3 is 2.47 bits per heavy atom. The van der Waals surface area contributed by atoms with Crippen molar-refractivity contribution in [1.29, 1.82) is 0 Å². The Labute approximate surface area is 121 Å². The number of rotatable bonds is 4. The number of benzene rings is 1. The van der Waals surface area contributed by atoms with Crippen LogP contribution in [0.4, 0.5) is 0 Å². The molecule has 1 rings (SSSR count). The third kappa shape index (κ3) is 5.33. The third-order valence-corrected chi connectivity index (χ3v) is 4.33. The van der Waals surface area contributed by atoms with Gasteiger partial charge < -0.3 is 4.74 Å². The molecule has 0 aliphatic heterocycles. The predicted molar refractivity (Wildman–Crippen MR) is 78.6 cm³/mol. The smallest absolute Gasteiger partial charge is 0.321 e. The Kier molecular flexibility index (Phi) is 5.56. The summed E-state index contributed by atoms with van der Waals surface area (Å²) in [4.78, 5) is 11.8. The van der Waals surface area contributed by atoms with Crippen LogP contribution in [0, 0.1) is 0 Å². The summed E-state index contributed by atoms with van der Waals surface area (Å²) in [5, 5.41) is -0.109. The van der Waals surface area contributed by atoms with Gasteiger partial charge in [0.25, 0.3) is 0 Å². The van der Waals surface area contributed by atoms with Crippen LogP contribution in [0.2, 0.25) is 5.02 Å². The minimum Gasteiger partial charge on any atom is -0.459 e. The van der Waals surface area contributed by atoms with E-state index in [1.807, 2.05) is 18.2 Å². The maximum Gasteiger partial charge on any atom is 0.321 e. The first-order valence-corrected chi connectivity index (χ1v) is 7.80. The molecule has 0 fully saturated rings. The molecular weight excluding hydrogens is 284 g/mol. The van der Waals surface area contributed by atoms with E-state index in [1.54, 1.807) is 33.8 Å². The second kappa shape index (κ2) is 6.53. The fraction of sp³-hybridized carbons (Fsp3) is 0.500. The van der Waals surface area contributed by atoms with E-state index >= 15 is 0 Å². The number of halogens is 1. The fourth-order valence-electron chi connectivity index (χ4n) is 1.39. The highest BCUT2D eigenvalue weighted by molar-refractivity contribution is 7.85. The van der Waals surface area contributed by atoms with Crippen LogP contribution < -0.4 is 0 Å². The van der Waals surface area contributed by atoms with Gasteiger partial charge in [-0.05, 0) is 39.3 Å². The van der Waals surface area contributed by atoms with E-state index in [4.69, 9.17) is 16.3 Å². The quantitative estimate of drug-likeness (QED) is 0.801. The van der Waals surface area contributed by atoms with E-state index in [1.165, 1.54) is 0 Å². The summed E-state index contributed by atoms with van der Waals surface area (Å²) < 4.78 is 17.4. The first-order chi connectivity index (χ1) is 8.70. The highest BCUT2D eigenvalue weighted by atomic mass is 35.5. The van der Waals surface area contributed by atoms with E-state index in [0.717, 1.165) is 5.56 Å². The molecule has 0 spiro atoms. The number of hydrogen-bond acceptors (Lipinski definition) is 3. The van der Waals surface area contributed by atoms with Crippen molar-refractivity contribution < 1.29 is 13.7 Å². The molecule has 0 aromatic heterocycles. The molecule has 5 heteroatoms. The van der Waals surface area contributed by atoms with Crippen molar-refractivity contribution in [3.05, 3.63) is 34.9 Å². The molecule has 0 saturated heterocycles. The van der Waals surface area contributed by atoms with Gasteiger partial charge in [-0.1, -0.05) is 29.8 Å². The Morgan fingerprint density at radius 1 is 1.37 bits per heavy atom. The molecule has 0 amide bonds. The standard InChI is InChI=1S/C14H19ClO3S/c1-10(13(16)18-14(2,3)4)19(17)9-11-7-5-6-8-12(11)15/h5-8,10H,9H2,1-4H3. The van der Waals surface area contributed by atoms with E-state index in [9.17, 15) is 9.00 Å². The Bertz CT molecular complexity index is 480. The van der Waals surface area contributed by atoms with Gasteiger partial charge in [0.05, 0.1) is 5.75 Å². The molecule has 1 aromatic rings. The fourth-order valence-corrected chi connectivity index (χ4v) is 2.74. The summed E-state index contributed by atoms with van der Waals surface area (Å²) in [6.07, 6.45) is 0. The minimum atomic E-state index is -1.35. The van der Waals surface area contributed by atoms with Crippen LogP contribution in [0.1, 0.15) is 33.3 Å². The summed E-state index contributed by atoms with van der Waals surface area (Å²) in [5.74, 6) is -0.196. The molecule has 0 N–H and O–H groups in total. The highest BCUT2D eigenvalue weighted by Gasteiger charge is 2.26. The molecule has 106 valence electrons. The molecular formula is C14H19ClO3S. The first kappa shape index (κ1) is 16.2.